The minimum absolute atomic E-state index is 0.0134. The summed E-state index contributed by atoms with van der Waals surface area (Å²) in [6.07, 6.45) is 3.80. The lowest BCUT2D eigenvalue weighted by molar-refractivity contribution is -0.157. The van der Waals surface area contributed by atoms with E-state index in [2.05, 4.69) is 0 Å². The molecular weight excluding hydrogens is 370 g/mol. The second-order valence-electron chi connectivity index (χ2n) is 7.71. The zero-order chi connectivity index (χ0) is 19.2. The van der Waals surface area contributed by atoms with Crippen LogP contribution in [0.15, 0.2) is 17.0 Å². The third-order valence-electron chi connectivity index (χ3n) is 6.39. The molecule has 0 saturated carbocycles. The highest BCUT2D eigenvalue weighted by Crippen LogP contribution is 2.45. The number of fused-ring (bicyclic) bond motifs is 2. The summed E-state index contributed by atoms with van der Waals surface area (Å²) in [4.78, 5) is 12.3. The van der Waals surface area contributed by atoms with Gasteiger partial charge in [-0.2, -0.15) is 4.31 Å². The quantitative estimate of drug-likeness (QED) is 0.834. The molecule has 0 spiro atoms. The highest BCUT2D eigenvalue weighted by Gasteiger charge is 2.56. The van der Waals surface area contributed by atoms with Crippen LogP contribution in [0.1, 0.15) is 30.4 Å². The Kier molecular flexibility index (Phi) is 4.68. The van der Waals surface area contributed by atoms with Gasteiger partial charge in [0.2, 0.25) is 10.0 Å². The van der Waals surface area contributed by atoms with E-state index in [4.69, 9.17) is 9.47 Å². The number of ether oxygens (including phenoxy) is 2. The zero-order valence-corrected chi connectivity index (χ0v) is 16.3. The van der Waals surface area contributed by atoms with Gasteiger partial charge >= 0.3 is 5.97 Å². The van der Waals surface area contributed by atoms with Crippen molar-refractivity contribution in [3.8, 4) is 5.75 Å². The van der Waals surface area contributed by atoms with E-state index in [1.807, 2.05) is 0 Å². The van der Waals surface area contributed by atoms with E-state index in [9.17, 15) is 18.3 Å². The van der Waals surface area contributed by atoms with Crippen LogP contribution in [0.3, 0.4) is 0 Å². The van der Waals surface area contributed by atoms with Crippen molar-refractivity contribution in [3.63, 3.8) is 0 Å². The summed E-state index contributed by atoms with van der Waals surface area (Å²) < 4.78 is 39.2. The van der Waals surface area contributed by atoms with Crippen LogP contribution >= 0.6 is 0 Å². The average Bonchev–Trinajstić information content (AvgIpc) is 3.09. The largest absolute Gasteiger partial charge is 0.496 e. The second-order valence-corrected chi connectivity index (χ2v) is 9.62. The van der Waals surface area contributed by atoms with Crippen LogP contribution in [-0.4, -0.2) is 57.2 Å². The fraction of sp³-hybridized carbons (Fsp3) is 0.632. The maximum atomic E-state index is 13.5. The van der Waals surface area contributed by atoms with Gasteiger partial charge in [0.15, 0.2) is 0 Å². The molecule has 27 heavy (non-hydrogen) atoms. The Labute approximate surface area is 159 Å². The molecule has 7 nitrogen and oxygen atoms in total. The normalized spacial score (nSPS) is 28.4. The molecule has 1 aromatic rings. The van der Waals surface area contributed by atoms with Gasteiger partial charge in [0, 0.05) is 25.6 Å². The number of aliphatic carboxylic acids is 1. The van der Waals surface area contributed by atoms with Crippen LogP contribution in [-0.2, 0) is 32.4 Å². The number of hydrogen-bond donors (Lipinski definition) is 1. The van der Waals surface area contributed by atoms with Crippen molar-refractivity contribution >= 4 is 16.0 Å². The number of sulfonamides is 1. The predicted octanol–water partition coefficient (Wildman–Crippen LogP) is 1.69. The van der Waals surface area contributed by atoms with Gasteiger partial charge in [-0.1, -0.05) is 0 Å². The van der Waals surface area contributed by atoms with Gasteiger partial charge in [-0.15, -0.1) is 0 Å². The number of carboxylic acid groups (broad SMARTS) is 1. The fourth-order valence-electron chi connectivity index (χ4n) is 4.81. The molecule has 148 valence electrons. The summed E-state index contributed by atoms with van der Waals surface area (Å²) in [5.41, 5.74) is 0.756. The molecule has 2 saturated heterocycles. The number of benzene rings is 1. The molecule has 0 unspecified atom stereocenters. The van der Waals surface area contributed by atoms with Crippen molar-refractivity contribution in [2.45, 2.75) is 37.0 Å². The Balaban J connectivity index is 1.74. The Bertz CT molecular complexity index is 867. The van der Waals surface area contributed by atoms with Gasteiger partial charge in [-0.3, -0.25) is 4.79 Å². The summed E-state index contributed by atoms with van der Waals surface area (Å²) in [5, 5.41) is 9.82. The first-order valence-corrected chi connectivity index (χ1v) is 10.8. The number of carboxylic acids is 1. The number of rotatable bonds is 4. The molecule has 1 aliphatic carbocycles. The van der Waals surface area contributed by atoms with E-state index in [1.54, 1.807) is 19.2 Å². The van der Waals surface area contributed by atoms with Crippen molar-refractivity contribution in [2.75, 3.05) is 33.4 Å². The monoisotopic (exact) mass is 395 g/mol. The molecule has 2 fully saturated rings. The van der Waals surface area contributed by atoms with Gasteiger partial charge in [0.05, 0.1) is 24.0 Å². The lowest BCUT2D eigenvalue weighted by Gasteiger charge is -2.34. The highest BCUT2D eigenvalue weighted by atomic mass is 32.2. The van der Waals surface area contributed by atoms with Gasteiger partial charge < -0.3 is 14.6 Å². The van der Waals surface area contributed by atoms with E-state index in [-0.39, 0.29) is 19.0 Å². The summed E-state index contributed by atoms with van der Waals surface area (Å²) in [6.45, 7) is 0.850. The van der Waals surface area contributed by atoms with Crippen molar-refractivity contribution in [1.29, 1.82) is 0 Å². The van der Waals surface area contributed by atoms with Crippen molar-refractivity contribution in [2.24, 2.45) is 11.3 Å². The smallest absolute Gasteiger partial charge is 0.311 e. The first-order valence-electron chi connectivity index (χ1n) is 9.40. The standard InChI is InChI=1S/C19H25NO6S/c1-25-16-6-7-17(15-5-3-2-4-14(15)16)27(23,24)20-10-13-11-26-9-8-19(13,12-20)18(21)22/h6-7,13H,2-5,8-12H2,1H3,(H,21,22)/t13-,19+/m1/s1. The Morgan fingerprint density at radius 3 is 2.70 bits per heavy atom. The average molecular weight is 395 g/mol. The molecule has 0 radical (unpaired) electrons. The van der Waals surface area contributed by atoms with Gasteiger partial charge in [-0.05, 0) is 55.4 Å². The van der Waals surface area contributed by atoms with Crippen molar-refractivity contribution in [1.82, 2.24) is 4.31 Å². The van der Waals surface area contributed by atoms with E-state index >= 15 is 0 Å². The first kappa shape index (κ1) is 18.7. The molecule has 2 aliphatic heterocycles. The number of methoxy groups -OCH3 is 1. The highest BCUT2D eigenvalue weighted by molar-refractivity contribution is 7.89. The zero-order valence-electron chi connectivity index (χ0n) is 15.4. The van der Waals surface area contributed by atoms with Crippen LogP contribution in [0, 0.1) is 11.3 Å². The van der Waals surface area contributed by atoms with Gasteiger partial charge in [-0.25, -0.2) is 8.42 Å². The fourth-order valence-corrected chi connectivity index (χ4v) is 6.64. The van der Waals surface area contributed by atoms with E-state index in [0.717, 1.165) is 36.1 Å². The molecule has 0 aromatic heterocycles. The molecule has 3 aliphatic rings. The number of nitrogens with zero attached hydrogens (tertiary/aromatic N) is 1. The van der Waals surface area contributed by atoms with Crippen LogP contribution in [0.2, 0.25) is 0 Å². The summed E-state index contributed by atoms with van der Waals surface area (Å²) in [6, 6.07) is 3.33. The van der Waals surface area contributed by atoms with Crippen LogP contribution in [0.25, 0.3) is 0 Å². The molecule has 4 rings (SSSR count). The minimum atomic E-state index is -3.78. The van der Waals surface area contributed by atoms with Crippen LogP contribution in [0.4, 0.5) is 0 Å². The lowest BCUT2D eigenvalue weighted by Crippen LogP contribution is -2.45. The second kappa shape index (κ2) is 6.76. The summed E-state index contributed by atoms with van der Waals surface area (Å²) in [5.74, 6) is -0.507. The van der Waals surface area contributed by atoms with E-state index in [0.29, 0.717) is 31.0 Å². The first-order chi connectivity index (χ1) is 12.9. The Morgan fingerprint density at radius 2 is 2.04 bits per heavy atom. The minimum Gasteiger partial charge on any atom is -0.496 e. The number of carbonyl (C=O) groups is 1. The SMILES string of the molecule is COc1ccc(S(=O)(=O)N2C[C@@H]3COCC[C@]3(C(=O)O)C2)c2c1CCCC2. The summed E-state index contributed by atoms with van der Waals surface area (Å²) >= 11 is 0. The molecular formula is C19H25NO6S. The van der Waals surface area contributed by atoms with Crippen LogP contribution in [0.5, 0.6) is 5.75 Å². The summed E-state index contributed by atoms with van der Waals surface area (Å²) in [7, 11) is -2.18. The molecule has 2 atom stereocenters. The lowest BCUT2D eigenvalue weighted by atomic mass is 9.74. The topological polar surface area (TPSA) is 93.1 Å². The molecule has 0 bridgehead atoms. The molecule has 0 amide bonds. The maximum Gasteiger partial charge on any atom is 0.311 e. The molecule has 2 heterocycles. The van der Waals surface area contributed by atoms with E-state index < -0.39 is 21.4 Å². The molecule has 1 aromatic carbocycles. The molecule has 8 heteroatoms. The molecule has 1 N–H and O–H groups in total. The number of hydrogen-bond acceptors (Lipinski definition) is 5. The van der Waals surface area contributed by atoms with Gasteiger partial charge in [0.1, 0.15) is 5.75 Å². The third kappa shape index (κ3) is 2.85. The predicted molar refractivity (Wildman–Crippen MR) is 97.4 cm³/mol. The van der Waals surface area contributed by atoms with E-state index in [1.165, 1.54) is 4.31 Å². The van der Waals surface area contributed by atoms with Gasteiger partial charge in [0.25, 0.3) is 0 Å². The Hall–Kier alpha value is -1.64. The third-order valence-corrected chi connectivity index (χ3v) is 8.28. The van der Waals surface area contributed by atoms with Crippen molar-refractivity contribution < 1.29 is 27.8 Å². The van der Waals surface area contributed by atoms with Crippen LogP contribution < -0.4 is 4.74 Å². The maximum absolute atomic E-state index is 13.5. The van der Waals surface area contributed by atoms with Crippen molar-refractivity contribution in [3.05, 3.63) is 23.3 Å². The Morgan fingerprint density at radius 1 is 1.30 bits per heavy atom.